The zero-order valence-electron chi connectivity index (χ0n) is 12.9. The van der Waals surface area contributed by atoms with Crippen molar-refractivity contribution < 1.29 is 9.59 Å². The Morgan fingerprint density at radius 2 is 1.88 bits per heavy atom. The predicted molar refractivity (Wildman–Crippen MR) is 98.0 cm³/mol. The Balaban J connectivity index is 1.71. The minimum absolute atomic E-state index is 0.126. The van der Waals surface area contributed by atoms with E-state index in [0.717, 1.165) is 15.8 Å². The van der Waals surface area contributed by atoms with E-state index in [2.05, 4.69) is 15.6 Å². The van der Waals surface area contributed by atoms with Crippen molar-refractivity contribution in [2.75, 3.05) is 10.6 Å². The van der Waals surface area contributed by atoms with Gasteiger partial charge in [-0.25, -0.2) is 4.98 Å². The van der Waals surface area contributed by atoms with E-state index in [1.54, 1.807) is 12.1 Å². The Kier molecular flexibility index (Phi) is 4.67. The van der Waals surface area contributed by atoms with Crippen LogP contribution in [0.5, 0.6) is 0 Å². The van der Waals surface area contributed by atoms with Gasteiger partial charge in [-0.3, -0.25) is 14.9 Å². The first-order chi connectivity index (χ1) is 11.6. The minimum Gasteiger partial charge on any atom is -0.326 e. The molecule has 0 aliphatic rings. The molecule has 3 rings (SSSR count). The molecule has 0 radical (unpaired) electrons. The summed E-state index contributed by atoms with van der Waals surface area (Å²) in [6, 6.07) is 15.0. The maximum atomic E-state index is 12.0. The SMILES string of the molecule is CC(=O)Nc1ccc2nc(NC(=O)/C=C/c3ccccc3)sc2c1. The summed E-state index contributed by atoms with van der Waals surface area (Å²) >= 11 is 1.36. The number of thiazole rings is 1. The molecule has 2 aromatic carbocycles. The third kappa shape index (κ3) is 4.05. The molecule has 0 fully saturated rings. The molecule has 1 heterocycles. The standard InChI is InChI=1S/C18H15N3O2S/c1-12(22)19-14-8-9-15-16(11-14)24-18(20-15)21-17(23)10-7-13-5-3-2-4-6-13/h2-11H,1H3,(H,19,22)(H,20,21,23)/b10-7+. The summed E-state index contributed by atoms with van der Waals surface area (Å²) in [5, 5.41) is 6.00. The van der Waals surface area contributed by atoms with Gasteiger partial charge in [0, 0.05) is 18.7 Å². The Bertz CT molecular complexity index is 916. The van der Waals surface area contributed by atoms with Crippen molar-refractivity contribution in [2.45, 2.75) is 6.92 Å². The number of nitrogens with one attached hydrogen (secondary N) is 2. The first-order valence-corrected chi connectivity index (χ1v) is 8.14. The van der Waals surface area contributed by atoms with Gasteiger partial charge in [-0.1, -0.05) is 41.7 Å². The van der Waals surface area contributed by atoms with E-state index in [1.807, 2.05) is 42.5 Å². The molecule has 0 unspecified atom stereocenters. The van der Waals surface area contributed by atoms with Crippen LogP contribution in [0.1, 0.15) is 12.5 Å². The molecule has 0 aliphatic heterocycles. The third-order valence-electron chi connectivity index (χ3n) is 3.17. The second-order valence-electron chi connectivity index (χ2n) is 5.12. The van der Waals surface area contributed by atoms with E-state index in [0.29, 0.717) is 10.8 Å². The lowest BCUT2D eigenvalue weighted by molar-refractivity contribution is -0.114. The van der Waals surface area contributed by atoms with Crippen LogP contribution in [-0.4, -0.2) is 16.8 Å². The van der Waals surface area contributed by atoms with Gasteiger partial charge in [0.25, 0.3) is 0 Å². The van der Waals surface area contributed by atoms with Crippen LogP contribution in [0.2, 0.25) is 0 Å². The minimum atomic E-state index is -0.236. The Hall–Kier alpha value is -2.99. The van der Waals surface area contributed by atoms with Crippen molar-refractivity contribution in [3.8, 4) is 0 Å². The van der Waals surface area contributed by atoms with E-state index in [9.17, 15) is 9.59 Å². The van der Waals surface area contributed by atoms with Crippen LogP contribution in [0.15, 0.2) is 54.6 Å². The quantitative estimate of drug-likeness (QED) is 0.709. The van der Waals surface area contributed by atoms with Crippen LogP contribution in [-0.2, 0) is 9.59 Å². The topological polar surface area (TPSA) is 71.1 Å². The van der Waals surface area contributed by atoms with Crippen LogP contribution in [0.3, 0.4) is 0 Å². The number of fused-ring (bicyclic) bond motifs is 1. The van der Waals surface area contributed by atoms with Gasteiger partial charge in [-0.2, -0.15) is 0 Å². The number of carbonyl (C=O) groups excluding carboxylic acids is 2. The van der Waals surface area contributed by atoms with Crippen LogP contribution < -0.4 is 10.6 Å². The molecule has 3 aromatic rings. The molecule has 24 heavy (non-hydrogen) atoms. The second-order valence-corrected chi connectivity index (χ2v) is 6.15. The smallest absolute Gasteiger partial charge is 0.250 e. The zero-order valence-corrected chi connectivity index (χ0v) is 13.8. The molecule has 0 bridgehead atoms. The predicted octanol–water partition coefficient (Wildman–Crippen LogP) is 3.91. The summed E-state index contributed by atoms with van der Waals surface area (Å²) in [7, 11) is 0. The zero-order chi connectivity index (χ0) is 16.9. The fraction of sp³-hybridized carbons (Fsp3) is 0.0556. The summed E-state index contributed by atoms with van der Waals surface area (Å²) in [6.07, 6.45) is 3.22. The average Bonchev–Trinajstić information content (AvgIpc) is 2.94. The van der Waals surface area contributed by atoms with Gasteiger partial charge < -0.3 is 5.32 Å². The van der Waals surface area contributed by atoms with Crippen molar-refractivity contribution in [1.29, 1.82) is 0 Å². The summed E-state index contributed by atoms with van der Waals surface area (Å²) < 4.78 is 0.892. The largest absolute Gasteiger partial charge is 0.326 e. The number of carbonyl (C=O) groups is 2. The first-order valence-electron chi connectivity index (χ1n) is 7.32. The van der Waals surface area contributed by atoms with Gasteiger partial charge in [0.2, 0.25) is 11.8 Å². The Morgan fingerprint density at radius 1 is 1.08 bits per heavy atom. The van der Waals surface area contributed by atoms with Crippen molar-refractivity contribution in [1.82, 2.24) is 4.98 Å². The van der Waals surface area contributed by atoms with E-state index >= 15 is 0 Å². The monoisotopic (exact) mass is 337 g/mol. The Morgan fingerprint density at radius 3 is 2.62 bits per heavy atom. The van der Waals surface area contributed by atoms with Gasteiger partial charge in [-0.15, -0.1) is 0 Å². The van der Waals surface area contributed by atoms with E-state index in [-0.39, 0.29) is 11.8 Å². The Labute approximate surface area is 143 Å². The molecular formula is C18H15N3O2S. The van der Waals surface area contributed by atoms with Gasteiger partial charge in [0.1, 0.15) is 0 Å². The number of hydrogen-bond donors (Lipinski definition) is 2. The highest BCUT2D eigenvalue weighted by molar-refractivity contribution is 7.22. The second kappa shape index (κ2) is 7.06. The molecule has 0 aliphatic carbocycles. The molecular weight excluding hydrogens is 322 g/mol. The molecule has 0 spiro atoms. The fourth-order valence-corrected chi connectivity index (χ4v) is 3.05. The van der Waals surface area contributed by atoms with Gasteiger partial charge in [0.05, 0.1) is 10.2 Å². The highest BCUT2D eigenvalue weighted by Gasteiger charge is 2.07. The van der Waals surface area contributed by atoms with Crippen molar-refractivity contribution >= 4 is 50.3 Å². The van der Waals surface area contributed by atoms with Crippen molar-refractivity contribution in [3.05, 3.63) is 60.2 Å². The van der Waals surface area contributed by atoms with E-state index in [4.69, 9.17) is 0 Å². The molecule has 6 heteroatoms. The van der Waals surface area contributed by atoms with Crippen molar-refractivity contribution in [3.63, 3.8) is 0 Å². The van der Waals surface area contributed by atoms with E-state index in [1.165, 1.54) is 24.3 Å². The van der Waals surface area contributed by atoms with Crippen LogP contribution in [0, 0.1) is 0 Å². The summed E-state index contributed by atoms with van der Waals surface area (Å²) in [5.74, 6) is -0.363. The molecule has 0 atom stereocenters. The molecule has 120 valence electrons. The normalized spacial score (nSPS) is 10.9. The van der Waals surface area contributed by atoms with E-state index < -0.39 is 0 Å². The molecule has 5 nitrogen and oxygen atoms in total. The molecule has 0 saturated heterocycles. The average molecular weight is 337 g/mol. The number of aromatic nitrogens is 1. The van der Waals surface area contributed by atoms with Crippen LogP contribution >= 0.6 is 11.3 Å². The van der Waals surface area contributed by atoms with Gasteiger partial charge >= 0.3 is 0 Å². The highest BCUT2D eigenvalue weighted by Crippen LogP contribution is 2.28. The number of anilines is 2. The fourth-order valence-electron chi connectivity index (χ4n) is 2.14. The lowest BCUT2D eigenvalue weighted by atomic mass is 10.2. The lowest BCUT2D eigenvalue weighted by Gasteiger charge is -1.99. The number of rotatable bonds is 4. The number of hydrogen-bond acceptors (Lipinski definition) is 4. The van der Waals surface area contributed by atoms with Gasteiger partial charge in [0.15, 0.2) is 5.13 Å². The number of nitrogens with zero attached hydrogens (tertiary/aromatic N) is 1. The van der Waals surface area contributed by atoms with Crippen molar-refractivity contribution in [2.24, 2.45) is 0 Å². The molecule has 1 aromatic heterocycles. The number of amides is 2. The summed E-state index contributed by atoms with van der Waals surface area (Å²) in [6.45, 7) is 1.46. The lowest BCUT2D eigenvalue weighted by Crippen LogP contribution is -2.07. The van der Waals surface area contributed by atoms with Crippen LogP contribution in [0.4, 0.5) is 10.8 Å². The summed E-state index contributed by atoms with van der Waals surface area (Å²) in [4.78, 5) is 27.5. The number of benzene rings is 2. The molecule has 2 N–H and O–H groups in total. The summed E-state index contributed by atoms with van der Waals surface area (Å²) in [5.41, 5.74) is 2.44. The maximum Gasteiger partial charge on any atom is 0.250 e. The molecule has 2 amide bonds. The first kappa shape index (κ1) is 15.9. The maximum absolute atomic E-state index is 12.0. The van der Waals surface area contributed by atoms with Gasteiger partial charge in [-0.05, 0) is 29.8 Å². The van der Waals surface area contributed by atoms with Crippen LogP contribution in [0.25, 0.3) is 16.3 Å². The third-order valence-corrected chi connectivity index (χ3v) is 4.10. The highest BCUT2D eigenvalue weighted by atomic mass is 32.1. The molecule has 0 saturated carbocycles.